The average molecular weight is 440 g/mol. The smallest absolute Gasteiger partial charge is 0.290 e. The van der Waals surface area contributed by atoms with Crippen LogP contribution in [0.15, 0.2) is 81.6 Å². The first-order valence-electron chi connectivity index (χ1n) is 9.44. The Kier molecular flexibility index (Phi) is 5.26. The topological polar surface area (TPSA) is 74.7 Å². The Morgan fingerprint density at radius 1 is 0.967 bits per heavy atom. The summed E-state index contributed by atoms with van der Waals surface area (Å²) in [6.45, 7) is 4.01. The minimum Gasteiger partial charge on any atom is -0.502 e. The van der Waals surface area contributed by atoms with Gasteiger partial charge in [0.15, 0.2) is 5.76 Å². The molecule has 1 amide bonds. The van der Waals surface area contributed by atoms with Crippen LogP contribution in [0.2, 0.25) is 0 Å². The van der Waals surface area contributed by atoms with E-state index in [1.165, 1.54) is 28.4 Å². The summed E-state index contributed by atoms with van der Waals surface area (Å²) in [6.07, 6.45) is 0. The SMILES string of the molecule is Cc1ccc([C@@H]2C(S(=O)(=O)c3ccc(C)cc3)=C(O)C(=O)N2Cc2cccs2)cc1. The van der Waals surface area contributed by atoms with Crippen molar-refractivity contribution in [3.05, 3.63) is 98.3 Å². The molecule has 0 saturated carbocycles. The zero-order valence-corrected chi connectivity index (χ0v) is 18.2. The van der Waals surface area contributed by atoms with Gasteiger partial charge in [-0.25, -0.2) is 8.42 Å². The number of amides is 1. The van der Waals surface area contributed by atoms with Gasteiger partial charge in [0.25, 0.3) is 5.91 Å². The molecule has 7 heteroatoms. The number of rotatable bonds is 5. The van der Waals surface area contributed by atoms with Crippen molar-refractivity contribution in [3.63, 3.8) is 0 Å². The van der Waals surface area contributed by atoms with Crippen molar-refractivity contribution in [1.82, 2.24) is 4.90 Å². The zero-order chi connectivity index (χ0) is 21.5. The third-order valence-corrected chi connectivity index (χ3v) is 7.93. The Balaban J connectivity index is 1.86. The Morgan fingerprint density at radius 2 is 1.57 bits per heavy atom. The number of hydrogen-bond acceptors (Lipinski definition) is 5. The largest absolute Gasteiger partial charge is 0.502 e. The number of carbonyl (C=O) groups excluding carboxylic acids is 1. The number of aliphatic hydroxyl groups is 1. The molecule has 0 bridgehead atoms. The van der Waals surface area contributed by atoms with Gasteiger partial charge < -0.3 is 10.0 Å². The molecule has 2 heterocycles. The van der Waals surface area contributed by atoms with E-state index in [1.807, 2.05) is 43.5 Å². The quantitative estimate of drug-likeness (QED) is 0.626. The molecular weight excluding hydrogens is 418 g/mol. The summed E-state index contributed by atoms with van der Waals surface area (Å²) in [6, 6.07) is 16.6. The maximum absolute atomic E-state index is 13.5. The highest BCUT2D eigenvalue weighted by Gasteiger charge is 2.46. The second-order valence-electron chi connectivity index (χ2n) is 7.35. The monoisotopic (exact) mass is 439 g/mol. The first-order chi connectivity index (χ1) is 14.3. The van der Waals surface area contributed by atoms with E-state index in [-0.39, 0.29) is 16.3 Å². The Bertz CT molecular complexity index is 1210. The summed E-state index contributed by atoms with van der Waals surface area (Å²) in [5.41, 5.74) is 2.58. The lowest BCUT2D eigenvalue weighted by molar-refractivity contribution is -0.130. The van der Waals surface area contributed by atoms with Crippen LogP contribution in [-0.2, 0) is 21.2 Å². The Morgan fingerprint density at radius 3 is 2.13 bits per heavy atom. The van der Waals surface area contributed by atoms with Gasteiger partial charge in [-0.1, -0.05) is 53.6 Å². The van der Waals surface area contributed by atoms with Gasteiger partial charge in [0.05, 0.1) is 17.5 Å². The molecule has 3 aromatic rings. The predicted molar refractivity (Wildman–Crippen MR) is 117 cm³/mol. The van der Waals surface area contributed by atoms with E-state index in [0.717, 1.165) is 16.0 Å². The lowest BCUT2D eigenvalue weighted by Gasteiger charge is -2.26. The first kappa shape index (κ1) is 20.4. The lowest BCUT2D eigenvalue weighted by atomic mass is 10.0. The highest BCUT2D eigenvalue weighted by molar-refractivity contribution is 7.95. The van der Waals surface area contributed by atoms with E-state index < -0.39 is 27.5 Å². The summed E-state index contributed by atoms with van der Waals surface area (Å²) < 4.78 is 27.0. The molecule has 4 rings (SSSR count). The fourth-order valence-corrected chi connectivity index (χ4v) is 5.91. The molecule has 0 spiro atoms. The normalized spacial score (nSPS) is 17.1. The van der Waals surface area contributed by atoms with Crippen molar-refractivity contribution in [2.75, 3.05) is 0 Å². The van der Waals surface area contributed by atoms with Crippen molar-refractivity contribution in [2.45, 2.75) is 31.3 Å². The van der Waals surface area contributed by atoms with Gasteiger partial charge in [0.1, 0.15) is 4.91 Å². The third kappa shape index (κ3) is 3.55. The molecule has 0 unspecified atom stereocenters. The molecule has 1 aliphatic rings. The molecule has 0 aliphatic carbocycles. The van der Waals surface area contributed by atoms with E-state index in [0.29, 0.717) is 5.56 Å². The number of aliphatic hydroxyl groups excluding tert-OH is 1. The van der Waals surface area contributed by atoms with Crippen molar-refractivity contribution < 1.29 is 18.3 Å². The molecule has 0 radical (unpaired) electrons. The van der Waals surface area contributed by atoms with Crippen LogP contribution in [0.4, 0.5) is 0 Å². The van der Waals surface area contributed by atoms with Crippen molar-refractivity contribution in [2.24, 2.45) is 0 Å². The highest BCUT2D eigenvalue weighted by Crippen LogP contribution is 2.43. The minimum absolute atomic E-state index is 0.0533. The second kappa shape index (κ2) is 7.74. The molecule has 1 atom stereocenters. The number of hydrogen-bond donors (Lipinski definition) is 1. The number of nitrogens with zero attached hydrogens (tertiary/aromatic N) is 1. The molecule has 30 heavy (non-hydrogen) atoms. The van der Waals surface area contributed by atoms with Gasteiger partial charge in [-0.3, -0.25) is 4.79 Å². The van der Waals surface area contributed by atoms with Gasteiger partial charge in [-0.2, -0.15) is 0 Å². The number of thiophene rings is 1. The van der Waals surface area contributed by atoms with Crippen LogP contribution in [0.3, 0.4) is 0 Å². The van der Waals surface area contributed by atoms with Gasteiger partial charge in [0, 0.05) is 4.88 Å². The van der Waals surface area contributed by atoms with Crippen LogP contribution < -0.4 is 0 Å². The Labute approximate surface area is 179 Å². The van der Waals surface area contributed by atoms with Gasteiger partial charge in [-0.05, 0) is 43.0 Å². The van der Waals surface area contributed by atoms with Gasteiger partial charge >= 0.3 is 0 Å². The van der Waals surface area contributed by atoms with Crippen molar-refractivity contribution in [1.29, 1.82) is 0 Å². The van der Waals surface area contributed by atoms with Crippen LogP contribution in [0.1, 0.15) is 27.6 Å². The summed E-state index contributed by atoms with van der Waals surface area (Å²) in [5.74, 6) is -1.39. The summed E-state index contributed by atoms with van der Waals surface area (Å²) in [7, 11) is -4.09. The maximum Gasteiger partial charge on any atom is 0.290 e. The summed E-state index contributed by atoms with van der Waals surface area (Å²) in [5, 5.41) is 12.6. The summed E-state index contributed by atoms with van der Waals surface area (Å²) in [4.78, 5) is 15.1. The highest BCUT2D eigenvalue weighted by atomic mass is 32.2. The maximum atomic E-state index is 13.5. The molecule has 5 nitrogen and oxygen atoms in total. The van der Waals surface area contributed by atoms with Crippen LogP contribution >= 0.6 is 11.3 Å². The van der Waals surface area contributed by atoms with Crippen molar-refractivity contribution in [3.8, 4) is 0 Å². The fourth-order valence-electron chi connectivity index (χ4n) is 3.56. The number of sulfone groups is 1. The molecular formula is C23H21NO4S2. The van der Waals surface area contributed by atoms with E-state index in [2.05, 4.69) is 0 Å². The van der Waals surface area contributed by atoms with Gasteiger partial charge in [-0.15, -0.1) is 11.3 Å². The van der Waals surface area contributed by atoms with E-state index >= 15 is 0 Å². The van der Waals surface area contributed by atoms with Crippen molar-refractivity contribution >= 4 is 27.1 Å². The molecule has 1 N–H and O–H groups in total. The molecule has 1 aliphatic heterocycles. The van der Waals surface area contributed by atoms with E-state index in [9.17, 15) is 18.3 Å². The van der Waals surface area contributed by atoms with Crippen LogP contribution in [0.5, 0.6) is 0 Å². The molecule has 0 fully saturated rings. The third-order valence-electron chi connectivity index (χ3n) is 5.18. The molecule has 154 valence electrons. The second-order valence-corrected chi connectivity index (χ2v) is 10.3. The predicted octanol–water partition coefficient (Wildman–Crippen LogP) is 4.69. The average Bonchev–Trinajstić information content (AvgIpc) is 3.31. The number of aryl methyl sites for hydroxylation is 2. The fraction of sp³-hybridized carbons (Fsp3) is 0.174. The molecule has 2 aromatic carbocycles. The first-order valence-corrected chi connectivity index (χ1v) is 11.8. The number of carbonyl (C=O) groups is 1. The lowest BCUT2D eigenvalue weighted by Crippen LogP contribution is -2.30. The van der Waals surface area contributed by atoms with E-state index in [1.54, 1.807) is 24.3 Å². The Hall–Kier alpha value is -2.90. The number of benzene rings is 2. The zero-order valence-electron chi connectivity index (χ0n) is 16.6. The molecule has 1 aromatic heterocycles. The van der Waals surface area contributed by atoms with E-state index in [4.69, 9.17) is 0 Å². The standard InChI is InChI=1S/C23H21NO4S2/c1-15-5-9-17(10-6-15)20-22(30(27,28)19-11-7-16(2)8-12-19)21(25)23(26)24(20)14-18-4-3-13-29-18/h3-13,20,25H,14H2,1-2H3/t20-/m1/s1. The molecule has 0 saturated heterocycles. The minimum atomic E-state index is -4.09. The van der Waals surface area contributed by atoms with Crippen LogP contribution in [0, 0.1) is 13.8 Å². The van der Waals surface area contributed by atoms with Gasteiger partial charge in [0.2, 0.25) is 9.84 Å². The summed E-state index contributed by atoms with van der Waals surface area (Å²) >= 11 is 1.48. The van der Waals surface area contributed by atoms with Crippen LogP contribution in [0.25, 0.3) is 0 Å². The van der Waals surface area contributed by atoms with Crippen LogP contribution in [-0.4, -0.2) is 24.3 Å².